The molecule has 0 amide bonds. The summed E-state index contributed by atoms with van der Waals surface area (Å²) in [6.07, 6.45) is 3.37. The van der Waals surface area contributed by atoms with Crippen molar-refractivity contribution in [2.75, 3.05) is 0 Å². The highest BCUT2D eigenvalue weighted by molar-refractivity contribution is 7.15. The van der Waals surface area contributed by atoms with E-state index in [0.717, 1.165) is 15.4 Å². The average molecular weight is 234 g/mol. The van der Waals surface area contributed by atoms with Crippen LogP contribution in [0.25, 0.3) is 10.6 Å². The summed E-state index contributed by atoms with van der Waals surface area (Å²) in [6, 6.07) is 3.73. The number of hydrogen-bond donors (Lipinski definition) is 1. The Kier molecular flexibility index (Phi) is 2.96. The summed E-state index contributed by atoms with van der Waals surface area (Å²) in [7, 11) is 0. The second kappa shape index (κ2) is 4.40. The number of aryl methyl sites for hydroxylation is 1. The summed E-state index contributed by atoms with van der Waals surface area (Å²) in [5.74, 6) is -0.852. The molecule has 0 spiro atoms. The van der Waals surface area contributed by atoms with Crippen molar-refractivity contribution in [1.29, 1.82) is 0 Å². The van der Waals surface area contributed by atoms with E-state index >= 15 is 0 Å². The number of rotatable bonds is 3. The first-order valence-electron chi connectivity index (χ1n) is 4.75. The van der Waals surface area contributed by atoms with Crippen LogP contribution in [0.3, 0.4) is 0 Å². The van der Waals surface area contributed by atoms with Gasteiger partial charge in [0, 0.05) is 22.8 Å². The molecule has 0 saturated heterocycles. The summed E-state index contributed by atoms with van der Waals surface area (Å²) in [6.45, 7) is 1.89. The molecule has 0 fully saturated rings. The van der Waals surface area contributed by atoms with E-state index in [1.165, 1.54) is 11.3 Å². The summed E-state index contributed by atoms with van der Waals surface area (Å²) in [5.41, 5.74) is 1.61. The fourth-order valence-electron chi connectivity index (χ4n) is 1.35. The Hall–Kier alpha value is -1.75. The van der Waals surface area contributed by atoms with Gasteiger partial charge >= 0.3 is 5.97 Å². The third kappa shape index (κ3) is 2.25. The molecule has 0 atom stereocenters. The lowest BCUT2D eigenvalue weighted by molar-refractivity contribution is -0.136. The zero-order chi connectivity index (χ0) is 11.5. The Labute approximate surface area is 96.6 Å². The summed E-state index contributed by atoms with van der Waals surface area (Å²) in [5, 5.41) is 9.57. The van der Waals surface area contributed by atoms with Crippen LogP contribution in [0.1, 0.15) is 10.6 Å². The number of carboxylic acids is 1. The smallest absolute Gasteiger partial charge is 0.309 e. The van der Waals surface area contributed by atoms with Crippen LogP contribution in [0.15, 0.2) is 24.5 Å². The van der Waals surface area contributed by atoms with Crippen molar-refractivity contribution in [1.82, 2.24) is 9.97 Å². The van der Waals surface area contributed by atoms with Crippen molar-refractivity contribution in [3.05, 3.63) is 35.1 Å². The first-order valence-corrected chi connectivity index (χ1v) is 5.57. The molecule has 0 saturated carbocycles. The molecule has 0 aliphatic carbocycles. The number of pyridine rings is 1. The fraction of sp³-hybridized carbons (Fsp3) is 0.182. The number of carbonyl (C=O) groups is 1. The lowest BCUT2D eigenvalue weighted by Gasteiger charge is -1.93. The van der Waals surface area contributed by atoms with Gasteiger partial charge in [0.25, 0.3) is 0 Å². The number of thiazole rings is 1. The molecule has 4 nitrogen and oxygen atoms in total. The molecule has 0 unspecified atom stereocenters. The minimum Gasteiger partial charge on any atom is -0.481 e. The van der Waals surface area contributed by atoms with Gasteiger partial charge in [-0.2, -0.15) is 0 Å². The molecule has 0 aromatic carbocycles. The van der Waals surface area contributed by atoms with Crippen LogP contribution in [0.5, 0.6) is 0 Å². The quantitative estimate of drug-likeness (QED) is 0.883. The number of aromatic nitrogens is 2. The molecule has 16 heavy (non-hydrogen) atoms. The lowest BCUT2D eigenvalue weighted by atomic mass is 10.2. The number of carboxylic acid groups (broad SMARTS) is 1. The van der Waals surface area contributed by atoms with Gasteiger partial charge in [0.1, 0.15) is 5.01 Å². The fourth-order valence-corrected chi connectivity index (χ4v) is 2.29. The Morgan fingerprint density at radius 3 is 2.75 bits per heavy atom. The standard InChI is InChI=1S/C11H10N2O2S/c1-7-9(6-10(14)15)13-11(16-7)8-2-4-12-5-3-8/h2-5H,6H2,1H3,(H,14,15). The highest BCUT2D eigenvalue weighted by Crippen LogP contribution is 2.27. The molecule has 2 aromatic heterocycles. The van der Waals surface area contributed by atoms with E-state index in [4.69, 9.17) is 5.11 Å². The Bertz CT molecular complexity index is 508. The predicted molar refractivity (Wildman–Crippen MR) is 61.4 cm³/mol. The molecule has 1 N–H and O–H groups in total. The first kappa shape index (κ1) is 10.8. The maximum absolute atomic E-state index is 10.6. The molecule has 2 rings (SSSR count). The van der Waals surface area contributed by atoms with Crippen molar-refractivity contribution in [2.24, 2.45) is 0 Å². The molecule has 0 radical (unpaired) electrons. The predicted octanol–water partition coefficient (Wildman–Crippen LogP) is 2.14. The van der Waals surface area contributed by atoms with Gasteiger partial charge in [-0.1, -0.05) is 0 Å². The zero-order valence-electron chi connectivity index (χ0n) is 8.67. The second-order valence-corrected chi connectivity index (χ2v) is 4.53. The Balaban J connectivity index is 2.34. The summed E-state index contributed by atoms with van der Waals surface area (Å²) in [4.78, 5) is 19.8. The van der Waals surface area contributed by atoms with E-state index in [0.29, 0.717) is 5.69 Å². The number of aliphatic carboxylic acids is 1. The van der Waals surface area contributed by atoms with Gasteiger partial charge in [0.15, 0.2) is 0 Å². The number of hydrogen-bond acceptors (Lipinski definition) is 4. The van der Waals surface area contributed by atoms with Gasteiger partial charge in [0.05, 0.1) is 12.1 Å². The van der Waals surface area contributed by atoms with Gasteiger partial charge in [-0.25, -0.2) is 4.98 Å². The van der Waals surface area contributed by atoms with Crippen LogP contribution in [-0.2, 0) is 11.2 Å². The van der Waals surface area contributed by atoms with E-state index < -0.39 is 5.97 Å². The van der Waals surface area contributed by atoms with Crippen LogP contribution in [0, 0.1) is 6.92 Å². The number of nitrogens with zero attached hydrogens (tertiary/aromatic N) is 2. The van der Waals surface area contributed by atoms with Gasteiger partial charge < -0.3 is 5.11 Å². The molecule has 5 heteroatoms. The molecule has 2 heterocycles. The van der Waals surface area contributed by atoms with Gasteiger partial charge in [-0.05, 0) is 19.1 Å². The highest BCUT2D eigenvalue weighted by atomic mass is 32.1. The highest BCUT2D eigenvalue weighted by Gasteiger charge is 2.11. The van der Waals surface area contributed by atoms with Gasteiger partial charge in [-0.15, -0.1) is 11.3 Å². The minimum atomic E-state index is -0.852. The Morgan fingerprint density at radius 1 is 1.44 bits per heavy atom. The Morgan fingerprint density at radius 2 is 2.12 bits per heavy atom. The van der Waals surface area contributed by atoms with Crippen molar-refractivity contribution >= 4 is 17.3 Å². The molecule has 0 bridgehead atoms. The topological polar surface area (TPSA) is 63.1 Å². The normalized spacial score (nSPS) is 10.3. The van der Waals surface area contributed by atoms with Crippen molar-refractivity contribution in [3.8, 4) is 10.6 Å². The van der Waals surface area contributed by atoms with Crippen LogP contribution < -0.4 is 0 Å². The van der Waals surface area contributed by atoms with E-state index in [1.54, 1.807) is 12.4 Å². The van der Waals surface area contributed by atoms with Crippen molar-refractivity contribution in [3.63, 3.8) is 0 Å². The van der Waals surface area contributed by atoms with E-state index in [9.17, 15) is 4.79 Å². The largest absolute Gasteiger partial charge is 0.481 e. The molecule has 0 aliphatic heterocycles. The van der Waals surface area contributed by atoms with Crippen LogP contribution >= 0.6 is 11.3 Å². The van der Waals surface area contributed by atoms with Crippen LogP contribution in [-0.4, -0.2) is 21.0 Å². The summed E-state index contributed by atoms with van der Waals surface area (Å²) < 4.78 is 0. The monoisotopic (exact) mass is 234 g/mol. The zero-order valence-corrected chi connectivity index (χ0v) is 9.49. The van der Waals surface area contributed by atoms with Crippen molar-refractivity contribution < 1.29 is 9.90 Å². The van der Waals surface area contributed by atoms with Crippen molar-refractivity contribution in [2.45, 2.75) is 13.3 Å². The lowest BCUT2D eigenvalue weighted by Crippen LogP contribution is -2.01. The molecular formula is C11H10N2O2S. The third-order valence-electron chi connectivity index (χ3n) is 2.14. The molecular weight excluding hydrogens is 224 g/mol. The SMILES string of the molecule is Cc1sc(-c2ccncc2)nc1CC(=O)O. The third-order valence-corrected chi connectivity index (χ3v) is 3.20. The van der Waals surface area contributed by atoms with E-state index in [2.05, 4.69) is 9.97 Å². The molecule has 0 aliphatic rings. The van der Waals surface area contributed by atoms with E-state index in [-0.39, 0.29) is 6.42 Å². The molecule has 2 aromatic rings. The summed E-state index contributed by atoms with van der Waals surface area (Å²) >= 11 is 1.51. The minimum absolute atomic E-state index is 0.0204. The van der Waals surface area contributed by atoms with Crippen LogP contribution in [0.2, 0.25) is 0 Å². The maximum Gasteiger partial charge on any atom is 0.309 e. The first-order chi connectivity index (χ1) is 7.66. The van der Waals surface area contributed by atoms with Crippen LogP contribution in [0.4, 0.5) is 0 Å². The average Bonchev–Trinajstić information content (AvgIpc) is 2.61. The van der Waals surface area contributed by atoms with Gasteiger partial charge in [0.2, 0.25) is 0 Å². The molecule has 82 valence electrons. The maximum atomic E-state index is 10.6. The van der Waals surface area contributed by atoms with Gasteiger partial charge in [-0.3, -0.25) is 9.78 Å². The van der Waals surface area contributed by atoms with E-state index in [1.807, 2.05) is 19.1 Å². The second-order valence-electron chi connectivity index (χ2n) is 3.33.